The summed E-state index contributed by atoms with van der Waals surface area (Å²) in [5.41, 5.74) is 0. The minimum Gasteiger partial charge on any atom is -0.422 e. The number of hydrogen-bond acceptors (Lipinski definition) is 7. The summed E-state index contributed by atoms with van der Waals surface area (Å²) in [7, 11) is -3.39. The molecule has 0 aromatic carbocycles. The molecule has 0 amide bonds. The van der Waals surface area contributed by atoms with E-state index in [2.05, 4.69) is 10.2 Å². The number of sulfonamides is 1. The first-order chi connectivity index (χ1) is 11.5. The lowest BCUT2D eigenvalue weighted by Crippen LogP contribution is -2.45. The summed E-state index contributed by atoms with van der Waals surface area (Å²) in [6.45, 7) is 5.42. The topological polar surface area (TPSA) is 94.8 Å². The van der Waals surface area contributed by atoms with E-state index in [0.29, 0.717) is 31.5 Å². The number of rotatable bonds is 5. The van der Waals surface area contributed by atoms with Crippen LogP contribution in [0.15, 0.2) is 4.42 Å². The van der Waals surface area contributed by atoms with Gasteiger partial charge in [0.15, 0.2) is 0 Å². The molecule has 2 atom stereocenters. The molecule has 3 rings (SSSR count). The lowest BCUT2D eigenvalue weighted by Gasteiger charge is -2.32. The fourth-order valence-electron chi connectivity index (χ4n) is 2.92. The Hall–Kier alpha value is -1.03. The number of aromatic nitrogens is 2. The first-order valence-corrected chi connectivity index (χ1v) is 10.1. The highest BCUT2D eigenvalue weighted by molar-refractivity contribution is 7.89. The summed E-state index contributed by atoms with van der Waals surface area (Å²) in [6, 6.07) is 0. The summed E-state index contributed by atoms with van der Waals surface area (Å²) in [6.07, 6.45) is 2.10. The van der Waals surface area contributed by atoms with Crippen LogP contribution in [0.25, 0.3) is 0 Å². The first kappa shape index (κ1) is 17.8. The van der Waals surface area contributed by atoms with Gasteiger partial charge in [0.1, 0.15) is 6.10 Å². The third-order valence-electron chi connectivity index (χ3n) is 4.32. The molecule has 9 heteroatoms. The van der Waals surface area contributed by atoms with Crippen molar-refractivity contribution in [3.63, 3.8) is 0 Å². The Labute approximate surface area is 142 Å². The molecule has 2 saturated heterocycles. The molecule has 1 aromatic heterocycles. The third kappa shape index (κ3) is 4.14. The molecule has 0 N–H and O–H groups in total. The van der Waals surface area contributed by atoms with Gasteiger partial charge in [0, 0.05) is 25.6 Å². The minimum atomic E-state index is -3.39. The normalized spacial score (nSPS) is 26.8. The van der Waals surface area contributed by atoms with E-state index in [1.165, 1.54) is 4.31 Å². The molecular formula is C15H25N3O5S. The van der Waals surface area contributed by atoms with Gasteiger partial charge in [0.25, 0.3) is 0 Å². The smallest absolute Gasteiger partial charge is 0.246 e. The maximum atomic E-state index is 12.7. The fourth-order valence-corrected chi connectivity index (χ4v) is 4.58. The van der Waals surface area contributed by atoms with Crippen LogP contribution in [0.2, 0.25) is 0 Å². The van der Waals surface area contributed by atoms with Gasteiger partial charge in [-0.15, -0.1) is 10.2 Å². The maximum absolute atomic E-state index is 12.7. The molecule has 0 bridgehead atoms. The van der Waals surface area contributed by atoms with Crippen molar-refractivity contribution in [1.29, 1.82) is 0 Å². The zero-order chi connectivity index (χ0) is 17.2. The van der Waals surface area contributed by atoms with E-state index in [9.17, 15) is 8.42 Å². The van der Waals surface area contributed by atoms with Gasteiger partial charge in [-0.2, -0.15) is 4.31 Å². The molecule has 3 heterocycles. The van der Waals surface area contributed by atoms with Crippen LogP contribution < -0.4 is 0 Å². The monoisotopic (exact) mass is 359 g/mol. The number of hydrogen-bond donors (Lipinski definition) is 0. The number of ether oxygens (including phenoxy) is 2. The largest absolute Gasteiger partial charge is 0.422 e. The zero-order valence-corrected chi connectivity index (χ0v) is 15.0. The second-order valence-corrected chi connectivity index (χ2v) is 8.63. The van der Waals surface area contributed by atoms with Gasteiger partial charge >= 0.3 is 0 Å². The lowest BCUT2D eigenvalue weighted by atomic mass is 10.1. The van der Waals surface area contributed by atoms with Crippen molar-refractivity contribution < 1.29 is 22.3 Å². The van der Waals surface area contributed by atoms with Gasteiger partial charge in [0.2, 0.25) is 21.8 Å². The van der Waals surface area contributed by atoms with Crippen molar-refractivity contribution >= 4 is 10.0 Å². The van der Waals surface area contributed by atoms with E-state index in [-0.39, 0.29) is 24.3 Å². The van der Waals surface area contributed by atoms with E-state index < -0.39 is 16.1 Å². The second-order valence-electron chi connectivity index (χ2n) is 6.62. The minimum absolute atomic E-state index is 0.0286. The van der Waals surface area contributed by atoms with Crippen LogP contribution >= 0.6 is 0 Å². The van der Waals surface area contributed by atoms with Crippen molar-refractivity contribution in [2.75, 3.05) is 32.1 Å². The summed E-state index contributed by atoms with van der Waals surface area (Å²) in [5, 5.41) is 7.99. The first-order valence-electron chi connectivity index (χ1n) is 8.50. The Morgan fingerprint density at radius 2 is 2.04 bits per heavy atom. The molecule has 8 nitrogen and oxygen atoms in total. The molecule has 2 aliphatic heterocycles. The lowest BCUT2D eigenvalue weighted by molar-refractivity contribution is -0.0189. The van der Waals surface area contributed by atoms with Gasteiger partial charge in [-0.25, -0.2) is 8.42 Å². The molecule has 0 radical (unpaired) electrons. The highest BCUT2D eigenvalue weighted by atomic mass is 32.2. The van der Waals surface area contributed by atoms with Gasteiger partial charge in [-0.3, -0.25) is 0 Å². The molecule has 0 saturated carbocycles. The standard InChI is InChI=1S/C15H25N3O5S/c1-11(2)14-16-17-15(23-14)13-9-18(6-8-22-13)24(19,20)10-12-5-3-4-7-21-12/h11-13H,3-10H2,1-2H3/t12-,13-/m0/s1. The number of morpholine rings is 1. The summed E-state index contributed by atoms with van der Waals surface area (Å²) >= 11 is 0. The molecule has 0 aliphatic carbocycles. The van der Waals surface area contributed by atoms with Crippen molar-refractivity contribution in [3.05, 3.63) is 11.8 Å². The Morgan fingerprint density at radius 3 is 2.71 bits per heavy atom. The van der Waals surface area contributed by atoms with Gasteiger partial charge in [-0.1, -0.05) is 13.8 Å². The Kier molecular flexibility index (Phi) is 5.53. The van der Waals surface area contributed by atoms with Gasteiger partial charge in [-0.05, 0) is 19.3 Å². The van der Waals surface area contributed by atoms with Crippen LogP contribution in [0.1, 0.15) is 56.9 Å². The molecule has 24 heavy (non-hydrogen) atoms. The van der Waals surface area contributed by atoms with Gasteiger partial charge < -0.3 is 13.9 Å². The summed E-state index contributed by atoms with van der Waals surface area (Å²) in [5.74, 6) is 1.02. The maximum Gasteiger partial charge on any atom is 0.246 e. The van der Waals surface area contributed by atoms with Crippen molar-refractivity contribution in [2.45, 2.75) is 51.2 Å². The Balaban J connectivity index is 1.65. The molecule has 0 unspecified atom stereocenters. The fraction of sp³-hybridized carbons (Fsp3) is 0.867. The molecular weight excluding hydrogens is 334 g/mol. The highest BCUT2D eigenvalue weighted by Crippen LogP contribution is 2.26. The predicted octanol–water partition coefficient (Wildman–Crippen LogP) is 1.47. The van der Waals surface area contributed by atoms with Crippen LogP contribution in [-0.2, 0) is 19.5 Å². The zero-order valence-electron chi connectivity index (χ0n) is 14.2. The predicted molar refractivity (Wildman–Crippen MR) is 86.0 cm³/mol. The van der Waals surface area contributed by atoms with Gasteiger partial charge in [0.05, 0.1) is 18.5 Å². The van der Waals surface area contributed by atoms with E-state index in [1.54, 1.807) is 0 Å². The quantitative estimate of drug-likeness (QED) is 0.785. The molecule has 136 valence electrons. The van der Waals surface area contributed by atoms with Crippen LogP contribution in [0.5, 0.6) is 0 Å². The van der Waals surface area contributed by atoms with Crippen molar-refractivity contribution in [1.82, 2.24) is 14.5 Å². The molecule has 0 spiro atoms. The van der Waals surface area contributed by atoms with Crippen LogP contribution in [0.4, 0.5) is 0 Å². The van der Waals surface area contributed by atoms with Crippen LogP contribution in [-0.4, -0.2) is 61.1 Å². The SMILES string of the molecule is CC(C)c1nnc([C@@H]2CN(S(=O)(=O)C[C@@H]3CCCCO3)CCO2)o1. The van der Waals surface area contributed by atoms with E-state index in [1.807, 2.05) is 13.8 Å². The van der Waals surface area contributed by atoms with E-state index in [4.69, 9.17) is 13.9 Å². The highest BCUT2D eigenvalue weighted by Gasteiger charge is 2.35. The average molecular weight is 359 g/mol. The summed E-state index contributed by atoms with van der Waals surface area (Å²) < 4.78 is 43.6. The average Bonchev–Trinajstić information content (AvgIpc) is 3.06. The Morgan fingerprint density at radius 1 is 1.21 bits per heavy atom. The van der Waals surface area contributed by atoms with Crippen LogP contribution in [0.3, 0.4) is 0 Å². The van der Waals surface area contributed by atoms with E-state index in [0.717, 1.165) is 19.3 Å². The molecule has 2 aliphatic rings. The summed E-state index contributed by atoms with van der Waals surface area (Å²) in [4.78, 5) is 0. The van der Waals surface area contributed by atoms with Crippen molar-refractivity contribution in [3.8, 4) is 0 Å². The molecule has 2 fully saturated rings. The third-order valence-corrected chi connectivity index (χ3v) is 6.23. The van der Waals surface area contributed by atoms with Crippen molar-refractivity contribution in [2.24, 2.45) is 0 Å². The second kappa shape index (κ2) is 7.47. The van der Waals surface area contributed by atoms with E-state index >= 15 is 0 Å². The number of nitrogens with zero attached hydrogens (tertiary/aromatic N) is 3. The van der Waals surface area contributed by atoms with Crippen LogP contribution in [0, 0.1) is 0 Å². The molecule has 1 aromatic rings. The Bertz CT molecular complexity index is 639.